The SMILES string of the molecule is O=C(c1ccc(Cl)cc1)N1CCCC[C@@H](Sc2ncccn2)C1=O. The Morgan fingerprint density at radius 1 is 1.17 bits per heavy atom. The molecule has 0 aliphatic carbocycles. The lowest BCUT2D eigenvalue weighted by Gasteiger charge is -2.22. The number of carbonyl (C=O) groups excluding carboxylic acids is 2. The predicted octanol–water partition coefficient (Wildman–Crippen LogP) is 3.44. The highest BCUT2D eigenvalue weighted by Gasteiger charge is 2.32. The molecule has 1 aromatic heterocycles. The van der Waals surface area contributed by atoms with E-state index in [9.17, 15) is 9.59 Å². The van der Waals surface area contributed by atoms with Crippen LogP contribution in [0.3, 0.4) is 0 Å². The highest BCUT2D eigenvalue weighted by Crippen LogP contribution is 2.28. The Bertz CT molecular complexity index is 724. The van der Waals surface area contributed by atoms with Gasteiger partial charge in [-0.2, -0.15) is 0 Å². The smallest absolute Gasteiger partial charge is 0.260 e. The summed E-state index contributed by atoms with van der Waals surface area (Å²) in [6.07, 6.45) is 5.70. The van der Waals surface area contributed by atoms with Gasteiger partial charge in [-0.1, -0.05) is 29.8 Å². The Balaban J connectivity index is 1.78. The van der Waals surface area contributed by atoms with Crippen molar-refractivity contribution in [2.75, 3.05) is 6.54 Å². The number of rotatable bonds is 3. The fraction of sp³-hybridized carbons (Fsp3) is 0.294. The summed E-state index contributed by atoms with van der Waals surface area (Å²) in [5.41, 5.74) is 0.467. The van der Waals surface area contributed by atoms with E-state index in [0.717, 1.165) is 12.8 Å². The van der Waals surface area contributed by atoms with E-state index in [1.807, 2.05) is 0 Å². The second-order valence-electron chi connectivity index (χ2n) is 5.44. The molecule has 0 radical (unpaired) electrons. The van der Waals surface area contributed by atoms with Gasteiger partial charge in [0.05, 0.1) is 5.25 Å². The number of hydrogen-bond acceptors (Lipinski definition) is 5. The predicted molar refractivity (Wildman–Crippen MR) is 93.0 cm³/mol. The van der Waals surface area contributed by atoms with Crippen molar-refractivity contribution < 1.29 is 9.59 Å². The van der Waals surface area contributed by atoms with Crippen molar-refractivity contribution in [2.24, 2.45) is 0 Å². The summed E-state index contributed by atoms with van der Waals surface area (Å²) in [5, 5.41) is 0.770. The van der Waals surface area contributed by atoms with Crippen LogP contribution < -0.4 is 0 Å². The van der Waals surface area contributed by atoms with E-state index in [0.29, 0.717) is 28.7 Å². The molecule has 3 rings (SSSR count). The van der Waals surface area contributed by atoms with Crippen molar-refractivity contribution in [1.29, 1.82) is 0 Å². The van der Waals surface area contributed by atoms with Gasteiger partial charge in [-0.3, -0.25) is 14.5 Å². The maximum atomic E-state index is 12.8. The van der Waals surface area contributed by atoms with Crippen LogP contribution in [0, 0.1) is 0 Å². The number of likely N-dealkylation sites (tertiary alicyclic amines) is 1. The third-order valence-electron chi connectivity index (χ3n) is 3.77. The summed E-state index contributed by atoms with van der Waals surface area (Å²) in [7, 11) is 0. The van der Waals surface area contributed by atoms with Crippen LogP contribution in [0.2, 0.25) is 5.02 Å². The van der Waals surface area contributed by atoms with Crippen LogP contribution in [-0.4, -0.2) is 38.5 Å². The molecule has 2 amide bonds. The van der Waals surface area contributed by atoms with Crippen molar-refractivity contribution >= 4 is 35.2 Å². The Morgan fingerprint density at radius 3 is 2.58 bits per heavy atom. The summed E-state index contributed by atoms with van der Waals surface area (Å²) in [6.45, 7) is 0.437. The van der Waals surface area contributed by atoms with E-state index in [1.165, 1.54) is 16.7 Å². The summed E-state index contributed by atoms with van der Waals surface area (Å²) < 4.78 is 0. The number of halogens is 1. The van der Waals surface area contributed by atoms with Gasteiger partial charge in [-0.15, -0.1) is 0 Å². The van der Waals surface area contributed by atoms with E-state index < -0.39 is 0 Å². The number of thioether (sulfide) groups is 1. The summed E-state index contributed by atoms with van der Waals surface area (Å²) >= 11 is 7.18. The van der Waals surface area contributed by atoms with Crippen LogP contribution >= 0.6 is 23.4 Å². The maximum absolute atomic E-state index is 12.8. The van der Waals surface area contributed by atoms with Crippen molar-refractivity contribution in [3.63, 3.8) is 0 Å². The first-order chi connectivity index (χ1) is 11.6. The molecule has 7 heteroatoms. The monoisotopic (exact) mass is 361 g/mol. The van der Waals surface area contributed by atoms with Crippen LogP contribution in [0.4, 0.5) is 0 Å². The molecule has 124 valence electrons. The lowest BCUT2D eigenvalue weighted by atomic mass is 10.2. The van der Waals surface area contributed by atoms with Crippen molar-refractivity contribution in [2.45, 2.75) is 29.7 Å². The van der Waals surface area contributed by atoms with E-state index in [2.05, 4.69) is 9.97 Å². The zero-order chi connectivity index (χ0) is 16.9. The molecule has 1 fully saturated rings. The van der Waals surface area contributed by atoms with E-state index >= 15 is 0 Å². The molecule has 1 atom stereocenters. The third kappa shape index (κ3) is 3.94. The number of hydrogen-bond donors (Lipinski definition) is 0. The Morgan fingerprint density at radius 2 is 1.88 bits per heavy atom. The van der Waals surface area contributed by atoms with Gasteiger partial charge in [0, 0.05) is 29.5 Å². The van der Waals surface area contributed by atoms with E-state index in [4.69, 9.17) is 11.6 Å². The van der Waals surface area contributed by atoms with E-state index in [1.54, 1.807) is 42.7 Å². The molecule has 0 saturated carbocycles. The summed E-state index contributed by atoms with van der Waals surface area (Å²) in [6, 6.07) is 8.33. The molecule has 0 bridgehead atoms. The quantitative estimate of drug-likeness (QED) is 0.619. The fourth-order valence-corrected chi connectivity index (χ4v) is 3.68. The molecule has 0 unspecified atom stereocenters. The molecule has 2 aromatic rings. The van der Waals surface area contributed by atoms with Gasteiger partial charge in [-0.25, -0.2) is 9.97 Å². The van der Waals surface area contributed by atoms with E-state index in [-0.39, 0.29) is 17.1 Å². The summed E-state index contributed by atoms with van der Waals surface area (Å²) in [4.78, 5) is 35.2. The minimum absolute atomic E-state index is 0.176. The second-order valence-corrected chi connectivity index (χ2v) is 7.04. The standard InChI is InChI=1S/C17H16ClN3O2S/c18-13-7-5-12(6-8-13)15(22)21-11-2-1-4-14(16(21)23)24-17-19-9-3-10-20-17/h3,5-10,14H,1-2,4,11H2/t14-/m1/s1. The molecule has 1 aliphatic heterocycles. The number of amides is 2. The highest BCUT2D eigenvalue weighted by atomic mass is 35.5. The van der Waals surface area contributed by atoms with Crippen molar-refractivity contribution in [1.82, 2.24) is 14.9 Å². The molecular formula is C17H16ClN3O2S. The molecule has 1 aliphatic rings. The van der Waals surface area contributed by atoms with Crippen LogP contribution in [0.5, 0.6) is 0 Å². The first-order valence-electron chi connectivity index (χ1n) is 7.70. The van der Waals surface area contributed by atoms with Crippen molar-refractivity contribution in [3.8, 4) is 0 Å². The third-order valence-corrected chi connectivity index (χ3v) is 5.16. The van der Waals surface area contributed by atoms with Gasteiger partial charge >= 0.3 is 0 Å². The zero-order valence-corrected chi connectivity index (χ0v) is 14.5. The lowest BCUT2D eigenvalue weighted by Crippen LogP contribution is -2.41. The van der Waals surface area contributed by atoms with Crippen LogP contribution in [0.15, 0.2) is 47.9 Å². The number of aromatic nitrogens is 2. The minimum atomic E-state index is -0.342. The Kier molecular flexibility index (Phi) is 5.48. The van der Waals surface area contributed by atoms with Gasteiger partial charge in [-0.05, 0) is 43.2 Å². The average molecular weight is 362 g/mol. The van der Waals surface area contributed by atoms with Gasteiger partial charge < -0.3 is 0 Å². The molecule has 5 nitrogen and oxygen atoms in total. The second kappa shape index (κ2) is 7.77. The Hall–Kier alpha value is -1.92. The molecule has 2 heterocycles. The first-order valence-corrected chi connectivity index (χ1v) is 8.96. The topological polar surface area (TPSA) is 63.2 Å². The first kappa shape index (κ1) is 16.9. The summed E-state index contributed by atoms with van der Waals surface area (Å²) in [5.74, 6) is -0.456. The number of benzene rings is 1. The van der Waals surface area contributed by atoms with Gasteiger partial charge in [0.25, 0.3) is 5.91 Å². The Labute approximate surface area is 149 Å². The highest BCUT2D eigenvalue weighted by molar-refractivity contribution is 8.00. The number of carbonyl (C=O) groups is 2. The van der Waals surface area contributed by atoms with Gasteiger partial charge in [0.1, 0.15) is 0 Å². The normalized spacial score (nSPS) is 18.3. The molecule has 0 N–H and O–H groups in total. The van der Waals surface area contributed by atoms with Gasteiger partial charge in [0.2, 0.25) is 5.91 Å². The average Bonchev–Trinajstić information content (AvgIpc) is 2.78. The lowest BCUT2D eigenvalue weighted by molar-refractivity contribution is -0.127. The number of imide groups is 1. The largest absolute Gasteiger partial charge is 0.278 e. The fourth-order valence-electron chi connectivity index (χ4n) is 2.54. The molecule has 24 heavy (non-hydrogen) atoms. The van der Waals surface area contributed by atoms with Crippen LogP contribution in [0.1, 0.15) is 29.6 Å². The number of nitrogens with zero attached hydrogens (tertiary/aromatic N) is 3. The van der Waals surface area contributed by atoms with Crippen LogP contribution in [0.25, 0.3) is 0 Å². The molecule has 0 spiro atoms. The molecular weight excluding hydrogens is 346 g/mol. The molecule has 1 aromatic carbocycles. The maximum Gasteiger partial charge on any atom is 0.260 e. The van der Waals surface area contributed by atoms with Crippen LogP contribution in [-0.2, 0) is 4.79 Å². The van der Waals surface area contributed by atoms with Crippen molar-refractivity contribution in [3.05, 3.63) is 53.3 Å². The zero-order valence-electron chi connectivity index (χ0n) is 12.9. The molecule has 1 saturated heterocycles. The van der Waals surface area contributed by atoms with Gasteiger partial charge in [0.15, 0.2) is 5.16 Å². The minimum Gasteiger partial charge on any atom is -0.278 e.